The molecule has 29 heavy (non-hydrogen) atoms. The number of nitrogens with zero attached hydrogens (tertiary/aromatic N) is 2. The molecule has 0 fully saturated rings. The summed E-state index contributed by atoms with van der Waals surface area (Å²) in [6.07, 6.45) is 4.04. The number of aryl methyl sites for hydroxylation is 1. The van der Waals surface area contributed by atoms with Crippen LogP contribution in [0, 0.1) is 0 Å². The molecule has 0 saturated heterocycles. The topological polar surface area (TPSA) is 83.6 Å². The average molecular weight is 435 g/mol. The van der Waals surface area contributed by atoms with Crippen molar-refractivity contribution in [2.45, 2.75) is 19.4 Å². The van der Waals surface area contributed by atoms with Crippen LogP contribution in [0.3, 0.4) is 0 Å². The Bertz CT molecular complexity index is 1070. The summed E-state index contributed by atoms with van der Waals surface area (Å²) >= 11 is 7.74. The van der Waals surface area contributed by atoms with Gasteiger partial charge in [-0.1, -0.05) is 17.7 Å². The third-order valence-corrected chi connectivity index (χ3v) is 5.41. The summed E-state index contributed by atoms with van der Waals surface area (Å²) in [5, 5.41) is 6.37. The summed E-state index contributed by atoms with van der Waals surface area (Å²) < 4.78 is 16.8. The first-order valence-electron chi connectivity index (χ1n) is 8.76. The second-order valence-electron chi connectivity index (χ2n) is 5.97. The van der Waals surface area contributed by atoms with Gasteiger partial charge in [-0.2, -0.15) is 4.68 Å². The summed E-state index contributed by atoms with van der Waals surface area (Å²) in [5.74, 6) is 0.554. The summed E-state index contributed by atoms with van der Waals surface area (Å²) in [7, 11) is 3.03. The Kier molecular flexibility index (Phi) is 6.90. The Balaban J connectivity index is 1.66. The minimum absolute atomic E-state index is 0.0553. The van der Waals surface area contributed by atoms with E-state index in [2.05, 4.69) is 5.10 Å². The number of methoxy groups -OCH3 is 2. The number of hydrogen-bond donors (Lipinski definition) is 0. The molecule has 0 radical (unpaired) electrons. The second kappa shape index (κ2) is 9.58. The smallest absolute Gasteiger partial charge is 0.437 e. The highest BCUT2D eigenvalue weighted by Crippen LogP contribution is 2.37. The molecule has 0 aliphatic heterocycles. The van der Waals surface area contributed by atoms with Gasteiger partial charge in [0.25, 0.3) is 0 Å². The van der Waals surface area contributed by atoms with E-state index in [1.54, 1.807) is 30.4 Å². The number of carbonyl (C=O) groups excluding carboxylic acids is 1. The van der Waals surface area contributed by atoms with Crippen molar-refractivity contribution in [1.29, 1.82) is 0 Å². The van der Waals surface area contributed by atoms with Gasteiger partial charge in [-0.3, -0.25) is 4.79 Å². The number of carbonyl (C=O) groups is 1. The molecular weight excluding hydrogens is 416 g/mol. The fraction of sp³-hybridized carbons (Fsp3) is 0.250. The van der Waals surface area contributed by atoms with Gasteiger partial charge in [0.05, 0.1) is 24.1 Å². The van der Waals surface area contributed by atoms with Gasteiger partial charge in [-0.15, -0.1) is 16.4 Å². The molecule has 3 rings (SSSR count). The number of hydrogen-bond acceptors (Lipinski definition) is 7. The molecule has 3 aromatic rings. The number of rotatable bonds is 9. The van der Waals surface area contributed by atoms with Crippen LogP contribution in [-0.2, 0) is 6.54 Å². The van der Waals surface area contributed by atoms with Crippen LogP contribution in [0.2, 0.25) is 5.02 Å². The van der Waals surface area contributed by atoms with E-state index in [-0.39, 0.29) is 11.7 Å². The fourth-order valence-corrected chi connectivity index (χ4v) is 3.67. The Morgan fingerprint density at radius 3 is 2.79 bits per heavy atom. The van der Waals surface area contributed by atoms with Gasteiger partial charge >= 0.3 is 5.76 Å². The van der Waals surface area contributed by atoms with Crippen molar-refractivity contribution in [3.8, 4) is 11.5 Å². The molecule has 0 saturated carbocycles. The van der Waals surface area contributed by atoms with Crippen LogP contribution in [-0.4, -0.2) is 29.8 Å². The first-order valence-corrected chi connectivity index (χ1v) is 10.0. The molecule has 0 aliphatic carbocycles. The number of ether oxygens (including phenoxy) is 2. The molecule has 1 aromatic carbocycles. The van der Waals surface area contributed by atoms with Crippen molar-refractivity contribution in [1.82, 2.24) is 9.78 Å². The summed E-state index contributed by atoms with van der Waals surface area (Å²) in [6.45, 7) is 0.296. The Morgan fingerprint density at radius 1 is 1.28 bits per heavy atom. The monoisotopic (exact) mass is 434 g/mol. The fourth-order valence-electron chi connectivity index (χ4n) is 2.68. The van der Waals surface area contributed by atoms with Gasteiger partial charge in [0.1, 0.15) is 0 Å². The zero-order valence-corrected chi connectivity index (χ0v) is 17.5. The molecule has 0 amide bonds. The Morgan fingerprint density at radius 2 is 2.10 bits per heavy atom. The zero-order chi connectivity index (χ0) is 20.8. The van der Waals surface area contributed by atoms with E-state index in [0.29, 0.717) is 46.3 Å². The van der Waals surface area contributed by atoms with Gasteiger partial charge in [-0.05, 0) is 41.6 Å². The molecule has 0 N–H and O–H groups in total. The van der Waals surface area contributed by atoms with E-state index in [1.807, 2.05) is 11.4 Å². The van der Waals surface area contributed by atoms with Crippen LogP contribution in [0.5, 0.6) is 11.5 Å². The van der Waals surface area contributed by atoms with Crippen LogP contribution >= 0.6 is 22.9 Å². The number of thiophene rings is 1. The van der Waals surface area contributed by atoms with Gasteiger partial charge in [-0.25, -0.2) is 4.79 Å². The lowest BCUT2D eigenvalue weighted by molar-refractivity contribution is 0.0982. The maximum atomic E-state index is 12.0. The van der Waals surface area contributed by atoms with Crippen LogP contribution in [0.4, 0.5) is 0 Å². The van der Waals surface area contributed by atoms with Crippen molar-refractivity contribution >= 4 is 40.9 Å². The van der Waals surface area contributed by atoms with E-state index < -0.39 is 5.76 Å². The second-order valence-corrected chi connectivity index (χ2v) is 7.30. The van der Waals surface area contributed by atoms with Gasteiger partial charge in [0.15, 0.2) is 17.3 Å². The van der Waals surface area contributed by atoms with E-state index in [4.69, 9.17) is 25.5 Å². The molecule has 0 atom stereocenters. The van der Waals surface area contributed by atoms with E-state index in [0.717, 1.165) is 0 Å². The van der Waals surface area contributed by atoms with Crippen LogP contribution < -0.4 is 15.2 Å². The largest absolute Gasteiger partial charge is 0.493 e. The molecule has 2 aromatic heterocycles. The SMILES string of the molecule is COc1ccc(C=Cc2nn(CCCC(=O)c3cccs3)c(=O)o2)c(Cl)c1OC. The molecule has 9 heteroatoms. The van der Waals surface area contributed by atoms with E-state index >= 15 is 0 Å². The molecule has 0 bridgehead atoms. The summed E-state index contributed by atoms with van der Waals surface area (Å²) in [5.41, 5.74) is 0.656. The molecular formula is C20H19ClN2O5S. The molecule has 0 spiro atoms. The first kappa shape index (κ1) is 20.9. The highest BCUT2D eigenvalue weighted by molar-refractivity contribution is 7.12. The Labute approximate surface area is 176 Å². The van der Waals surface area contributed by atoms with Gasteiger partial charge < -0.3 is 13.9 Å². The molecule has 0 aliphatic rings. The van der Waals surface area contributed by atoms with Gasteiger partial charge in [0, 0.05) is 19.0 Å². The average Bonchev–Trinajstić information content (AvgIpc) is 3.37. The van der Waals surface area contributed by atoms with Crippen LogP contribution in [0.25, 0.3) is 12.2 Å². The minimum atomic E-state index is -0.577. The number of Topliss-reactive ketones (excluding diaryl/α,β-unsaturated/α-hetero) is 1. The molecule has 2 heterocycles. The minimum Gasteiger partial charge on any atom is -0.493 e. The van der Waals surface area contributed by atoms with Crippen LogP contribution in [0.15, 0.2) is 38.9 Å². The van der Waals surface area contributed by atoms with Crippen molar-refractivity contribution in [3.05, 3.63) is 61.6 Å². The number of ketones is 1. The van der Waals surface area contributed by atoms with E-state index in [9.17, 15) is 9.59 Å². The third-order valence-electron chi connectivity index (χ3n) is 4.11. The van der Waals surface area contributed by atoms with Crippen molar-refractivity contribution in [2.75, 3.05) is 14.2 Å². The lowest BCUT2D eigenvalue weighted by atomic mass is 10.2. The zero-order valence-electron chi connectivity index (χ0n) is 15.9. The lowest BCUT2D eigenvalue weighted by Gasteiger charge is -2.10. The Hall–Kier alpha value is -2.84. The van der Waals surface area contributed by atoms with Crippen molar-refractivity contribution < 1.29 is 18.7 Å². The standard InChI is InChI=1S/C20H19ClN2O5S/c1-26-15-9-7-13(18(21)19(15)27-2)8-10-17-22-23(20(25)28-17)11-3-5-14(24)16-6-4-12-29-16/h4,6-10,12H,3,5,11H2,1-2H3. The van der Waals surface area contributed by atoms with Crippen LogP contribution in [0.1, 0.15) is 34.0 Å². The molecule has 152 valence electrons. The summed E-state index contributed by atoms with van der Waals surface area (Å²) in [4.78, 5) is 24.7. The molecule has 0 unspecified atom stereocenters. The first-order chi connectivity index (χ1) is 14.0. The number of aromatic nitrogens is 2. The lowest BCUT2D eigenvalue weighted by Crippen LogP contribution is -2.16. The highest BCUT2D eigenvalue weighted by atomic mass is 35.5. The van der Waals surface area contributed by atoms with Crippen molar-refractivity contribution in [3.63, 3.8) is 0 Å². The summed E-state index contributed by atoms with van der Waals surface area (Å²) in [6, 6.07) is 7.11. The predicted molar refractivity (Wildman–Crippen MR) is 112 cm³/mol. The maximum Gasteiger partial charge on any atom is 0.437 e. The maximum absolute atomic E-state index is 12.0. The van der Waals surface area contributed by atoms with Gasteiger partial charge in [0.2, 0.25) is 5.89 Å². The third kappa shape index (κ3) is 4.96. The predicted octanol–water partition coefficient (Wildman–Crippen LogP) is 4.40. The highest BCUT2D eigenvalue weighted by Gasteiger charge is 2.12. The van der Waals surface area contributed by atoms with Crippen molar-refractivity contribution in [2.24, 2.45) is 0 Å². The number of halogens is 1. The normalized spacial score (nSPS) is 11.1. The molecule has 7 nitrogen and oxygen atoms in total. The van der Waals surface area contributed by atoms with E-state index in [1.165, 1.54) is 30.2 Å². The number of benzene rings is 1. The quantitative estimate of drug-likeness (QED) is 0.464.